The number of rotatable bonds is 12. The lowest BCUT2D eigenvalue weighted by Gasteiger charge is -2.22. The van der Waals surface area contributed by atoms with Crippen molar-refractivity contribution in [3.8, 4) is 22.3 Å². The van der Waals surface area contributed by atoms with Gasteiger partial charge in [-0.25, -0.2) is 19.9 Å². The van der Waals surface area contributed by atoms with Crippen LogP contribution in [-0.2, 0) is 0 Å². The molecule has 0 fully saturated rings. The lowest BCUT2D eigenvalue weighted by Crippen LogP contribution is -2.12. The van der Waals surface area contributed by atoms with Gasteiger partial charge < -0.3 is 0 Å². The summed E-state index contributed by atoms with van der Waals surface area (Å²) in [7, 11) is 0. The quantitative estimate of drug-likeness (QED) is 0.0900. The van der Waals surface area contributed by atoms with Crippen LogP contribution >= 0.6 is 0 Å². The molecule has 0 bridgehead atoms. The van der Waals surface area contributed by atoms with Gasteiger partial charge in [0.1, 0.15) is 23.3 Å². The zero-order valence-electron chi connectivity index (χ0n) is 37.1. The van der Waals surface area contributed by atoms with Crippen LogP contribution in [0.15, 0.2) is 243 Å². The molecule has 0 spiro atoms. The van der Waals surface area contributed by atoms with Crippen LogP contribution in [0, 0.1) is 0 Å². The molecule has 11 aromatic rings. The molecule has 6 heteroatoms. The van der Waals surface area contributed by atoms with Crippen molar-refractivity contribution < 1.29 is 0 Å². The molecular weight excluding hydrogens is 829 g/mol. The largest absolute Gasteiger partial charge is 0.279 e. The van der Waals surface area contributed by atoms with Crippen molar-refractivity contribution in [1.29, 1.82) is 0 Å². The average Bonchev–Trinajstić information content (AvgIpc) is 3.42. The number of aromatic nitrogens is 4. The summed E-state index contributed by atoms with van der Waals surface area (Å²) in [6.45, 7) is 0. The van der Waals surface area contributed by atoms with E-state index < -0.39 is 0 Å². The predicted molar refractivity (Wildman–Crippen MR) is 284 cm³/mol. The topological polar surface area (TPSA) is 58.0 Å². The SMILES string of the molecule is C(=C\c1ccc2c(-c3ccccc3)c(-c3ccccc3)c3ccc(/C=C/c4ccc(N(c5ccccn5)c5ccccn5)cc4)cc3c2c1)/c1ccc(N(c2ccccn2)c2ccccn2)cc1. The normalized spacial score (nSPS) is 11.4. The van der Waals surface area contributed by atoms with Crippen molar-refractivity contribution >= 4 is 80.5 Å². The second-order valence-corrected chi connectivity index (χ2v) is 16.4. The lowest BCUT2D eigenvalue weighted by molar-refractivity contribution is 1.12. The van der Waals surface area contributed by atoms with Gasteiger partial charge in [0.15, 0.2) is 0 Å². The Morgan fingerprint density at radius 3 is 0.897 bits per heavy atom. The Bertz CT molecular complexity index is 3190. The third-order valence-corrected chi connectivity index (χ3v) is 12.0. The average molecular weight is 873 g/mol. The third-order valence-electron chi connectivity index (χ3n) is 12.0. The monoisotopic (exact) mass is 872 g/mol. The van der Waals surface area contributed by atoms with Crippen LogP contribution < -0.4 is 9.80 Å². The van der Waals surface area contributed by atoms with E-state index in [-0.39, 0.29) is 0 Å². The van der Waals surface area contributed by atoms with Gasteiger partial charge in [-0.1, -0.05) is 158 Å². The maximum atomic E-state index is 4.64. The highest BCUT2D eigenvalue weighted by molar-refractivity contribution is 6.22. The first-order valence-electron chi connectivity index (χ1n) is 22.7. The van der Waals surface area contributed by atoms with Crippen molar-refractivity contribution in [2.24, 2.45) is 0 Å². The van der Waals surface area contributed by atoms with Crippen LogP contribution in [0.3, 0.4) is 0 Å². The standard InChI is InChI=1S/C62H44N6/c1-3-15-49(16-4-1)61-53-37-31-47(25-23-45-27-33-51(34-28-45)67(57-19-7-11-39-63-57)58-20-8-12-40-64-58)43-55(53)56-44-48(32-38-54(56)62(61)50-17-5-2-6-18-50)26-24-46-29-35-52(36-30-46)68(59-21-9-13-41-65-59)60-22-10-14-42-66-60/h1-44H/b25-23+,26-24+. The first-order chi connectivity index (χ1) is 33.7. The van der Waals surface area contributed by atoms with Gasteiger partial charge in [0.05, 0.1) is 0 Å². The van der Waals surface area contributed by atoms with Crippen molar-refractivity contribution in [3.05, 3.63) is 265 Å². The number of anilines is 6. The van der Waals surface area contributed by atoms with E-state index >= 15 is 0 Å². The van der Waals surface area contributed by atoms with E-state index in [0.29, 0.717) is 0 Å². The van der Waals surface area contributed by atoms with E-state index in [2.05, 4.69) is 200 Å². The molecule has 0 saturated carbocycles. The maximum Gasteiger partial charge on any atom is 0.138 e. The highest BCUT2D eigenvalue weighted by atomic mass is 15.2. The molecular formula is C62H44N6. The minimum absolute atomic E-state index is 0.807. The summed E-state index contributed by atoms with van der Waals surface area (Å²) in [5.41, 5.74) is 11.2. The molecule has 0 N–H and O–H groups in total. The van der Waals surface area contributed by atoms with E-state index in [4.69, 9.17) is 0 Å². The fourth-order valence-corrected chi connectivity index (χ4v) is 8.85. The first kappa shape index (κ1) is 41.4. The Balaban J connectivity index is 0.973. The first-order valence-corrected chi connectivity index (χ1v) is 22.7. The van der Waals surface area contributed by atoms with Crippen molar-refractivity contribution in [3.63, 3.8) is 0 Å². The van der Waals surface area contributed by atoms with E-state index in [1.165, 1.54) is 43.8 Å². The van der Waals surface area contributed by atoms with Crippen molar-refractivity contribution in [2.75, 3.05) is 9.80 Å². The lowest BCUT2D eigenvalue weighted by atomic mass is 9.84. The van der Waals surface area contributed by atoms with Crippen molar-refractivity contribution in [2.45, 2.75) is 0 Å². The van der Waals surface area contributed by atoms with Gasteiger partial charge in [0.2, 0.25) is 0 Å². The van der Waals surface area contributed by atoms with Gasteiger partial charge in [-0.15, -0.1) is 0 Å². The molecule has 0 atom stereocenters. The number of benzene rings is 7. The molecule has 7 aromatic carbocycles. The Hall–Kier alpha value is -9.26. The van der Waals surface area contributed by atoms with Crippen LogP contribution in [0.5, 0.6) is 0 Å². The summed E-state index contributed by atoms with van der Waals surface area (Å²) in [6, 6.07) is 76.1. The Labute approximate surface area is 396 Å². The van der Waals surface area contributed by atoms with Crippen molar-refractivity contribution in [1.82, 2.24) is 19.9 Å². The third kappa shape index (κ3) is 8.65. The highest BCUT2D eigenvalue weighted by Gasteiger charge is 2.19. The van der Waals surface area contributed by atoms with Crippen LogP contribution in [0.4, 0.5) is 34.6 Å². The van der Waals surface area contributed by atoms with Crippen LogP contribution in [0.1, 0.15) is 22.3 Å². The summed E-state index contributed by atoms with van der Waals surface area (Å²) < 4.78 is 0. The van der Waals surface area contributed by atoms with Crippen LogP contribution in [-0.4, -0.2) is 19.9 Å². The van der Waals surface area contributed by atoms with Gasteiger partial charge in [0, 0.05) is 36.2 Å². The smallest absolute Gasteiger partial charge is 0.138 e. The zero-order valence-corrected chi connectivity index (χ0v) is 37.1. The molecule has 0 amide bonds. The number of hydrogen-bond acceptors (Lipinski definition) is 6. The second-order valence-electron chi connectivity index (χ2n) is 16.4. The minimum Gasteiger partial charge on any atom is -0.279 e. The zero-order chi connectivity index (χ0) is 45.5. The summed E-state index contributed by atoms with van der Waals surface area (Å²) >= 11 is 0. The van der Waals surface area contributed by atoms with Gasteiger partial charge in [-0.05, 0) is 151 Å². The molecule has 0 radical (unpaired) electrons. The van der Waals surface area contributed by atoms with Gasteiger partial charge >= 0.3 is 0 Å². The van der Waals surface area contributed by atoms with Crippen LogP contribution in [0.25, 0.3) is 68.1 Å². The Morgan fingerprint density at radius 1 is 0.265 bits per heavy atom. The summed E-state index contributed by atoms with van der Waals surface area (Å²) in [5, 5.41) is 4.80. The summed E-state index contributed by atoms with van der Waals surface area (Å²) in [5.74, 6) is 3.23. The molecule has 0 aliphatic rings. The molecule has 11 rings (SSSR count). The number of hydrogen-bond donors (Lipinski definition) is 0. The highest BCUT2D eigenvalue weighted by Crippen LogP contribution is 2.45. The van der Waals surface area contributed by atoms with E-state index in [0.717, 1.165) is 56.9 Å². The second kappa shape index (κ2) is 19.1. The Kier molecular flexibility index (Phi) is 11.6. The van der Waals surface area contributed by atoms with Crippen LogP contribution in [0.2, 0.25) is 0 Å². The van der Waals surface area contributed by atoms with E-state index in [1.54, 1.807) is 24.8 Å². The molecule has 322 valence electrons. The Morgan fingerprint density at radius 2 is 0.574 bits per heavy atom. The van der Waals surface area contributed by atoms with Gasteiger partial charge in [0.25, 0.3) is 0 Å². The molecule has 4 heterocycles. The number of nitrogens with zero attached hydrogens (tertiary/aromatic N) is 6. The fraction of sp³-hybridized carbons (Fsp3) is 0. The number of fused-ring (bicyclic) bond motifs is 3. The van der Waals surface area contributed by atoms with E-state index in [1.807, 2.05) is 72.8 Å². The molecule has 0 aliphatic heterocycles. The summed E-state index contributed by atoms with van der Waals surface area (Å²) in [6.07, 6.45) is 16.0. The maximum absolute atomic E-state index is 4.64. The molecule has 68 heavy (non-hydrogen) atoms. The minimum atomic E-state index is 0.807. The molecule has 0 unspecified atom stereocenters. The summed E-state index contributed by atoms with van der Waals surface area (Å²) in [4.78, 5) is 22.7. The van der Waals surface area contributed by atoms with E-state index in [9.17, 15) is 0 Å². The van der Waals surface area contributed by atoms with Gasteiger partial charge in [-0.2, -0.15) is 0 Å². The molecule has 0 saturated heterocycles. The molecule has 6 nitrogen and oxygen atoms in total. The molecule has 4 aromatic heterocycles. The molecule has 0 aliphatic carbocycles. The van der Waals surface area contributed by atoms with Gasteiger partial charge in [-0.3, -0.25) is 9.80 Å². The fourth-order valence-electron chi connectivity index (χ4n) is 8.85. The number of pyridine rings is 4. The predicted octanol–water partition coefficient (Wildman–Crippen LogP) is 16.2.